The Labute approximate surface area is 167 Å². The van der Waals surface area contributed by atoms with Crippen LogP contribution >= 0.6 is 0 Å². The fraction of sp³-hybridized carbons (Fsp3) is 0.429. The Hall–Kier alpha value is -2.25. The van der Waals surface area contributed by atoms with Gasteiger partial charge in [0.05, 0.1) is 25.2 Å². The van der Waals surface area contributed by atoms with Crippen molar-refractivity contribution in [3.63, 3.8) is 0 Å². The highest BCUT2D eigenvalue weighted by molar-refractivity contribution is 7.89. The standard InChI is InChI=1S/C21H29NO5S/c1-14(2)17-12-21(15(3)11-20(17)26-6)28(23,24)22-16(4)13-27-19-10-8-7-9-18(19)25-5/h7-12,14,16,22H,13H2,1-6H3. The summed E-state index contributed by atoms with van der Waals surface area (Å²) in [6.45, 7) is 7.69. The van der Waals surface area contributed by atoms with Gasteiger partial charge in [0.25, 0.3) is 0 Å². The highest BCUT2D eigenvalue weighted by Crippen LogP contribution is 2.31. The van der Waals surface area contributed by atoms with Gasteiger partial charge in [-0.1, -0.05) is 26.0 Å². The van der Waals surface area contributed by atoms with Crippen molar-refractivity contribution in [2.24, 2.45) is 0 Å². The first-order valence-electron chi connectivity index (χ1n) is 9.16. The molecule has 154 valence electrons. The molecular formula is C21H29NO5S. The highest BCUT2D eigenvalue weighted by Gasteiger charge is 2.23. The van der Waals surface area contributed by atoms with Crippen molar-refractivity contribution in [2.45, 2.75) is 44.6 Å². The van der Waals surface area contributed by atoms with Gasteiger partial charge in [-0.2, -0.15) is 0 Å². The van der Waals surface area contributed by atoms with Gasteiger partial charge in [0.2, 0.25) is 10.0 Å². The number of hydrogen-bond acceptors (Lipinski definition) is 5. The van der Waals surface area contributed by atoms with Crippen LogP contribution in [0.25, 0.3) is 0 Å². The van der Waals surface area contributed by atoms with Crippen LogP contribution in [0, 0.1) is 6.92 Å². The molecule has 2 rings (SSSR count). The van der Waals surface area contributed by atoms with E-state index in [1.54, 1.807) is 52.3 Å². The number of hydrogen-bond donors (Lipinski definition) is 1. The number of para-hydroxylation sites is 2. The maximum Gasteiger partial charge on any atom is 0.241 e. The van der Waals surface area contributed by atoms with Crippen LogP contribution in [-0.4, -0.2) is 35.3 Å². The molecule has 0 spiro atoms. The van der Waals surface area contributed by atoms with Gasteiger partial charge in [0, 0.05) is 0 Å². The molecule has 6 nitrogen and oxygen atoms in total. The lowest BCUT2D eigenvalue weighted by Gasteiger charge is -2.19. The molecule has 0 heterocycles. The zero-order chi connectivity index (χ0) is 20.9. The Kier molecular flexibility index (Phi) is 7.32. The summed E-state index contributed by atoms with van der Waals surface area (Å²) < 4.78 is 44.9. The zero-order valence-electron chi connectivity index (χ0n) is 17.3. The van der Waals surface area contributed by atoms with Crippen molar-refractivity contribution in [3.8, 4) is 17.2 Å². The van der Waals surface area contributed by atoms with Crippen molar-refractivity contribution in [2.75, 3.05) is 20.8 Å². The fourth-order valence-corrected chi connectivity index (χ4v) is 4.40. The fourth-order valence-electron chi connectivity index (χ4n) is 2.91. The van der Waals surface area contributed by atoms with Crippen LogP contribution in [0.15, 0.2) is 41.3 Å². The summed E-state index contributed by atoms with van der Waals surface area (Å²) in [6, 6.07) is 10.3. The van der Waals surface area contributed by atoms with E-state index in [9.17, 15) is 8.42 Å². The van der Waals surface area contributed by atoms with E-state index in [2.05, 4.69) is 4.72 Å². The first-order valence-corrected chi connectivity index (χ1v) is 10.6. The summed E-state index contributed by atoms with van der Waals surface area (Å²) in [5.74, 6) is 2.00. The lowest BCUT2D eigenvalue weighted by molar-refractivity contribution is 0.271. The Morgan fingerprint density at radius 1 is 0.964 bits per heavy atom. The van der Waals surface area contributed by atoms with Crippen LogP contribution in [0.1, 0.15) is 37.8 Å². The van der Waals surface area contributed by atoms with Crippen LogP contribution < -0.4 is 18.9 Å². The molecule has 1 unspecified atom stereocenters. The van der Waals surface area contributed by atoms with E-state index >= 15 is 0 Å². The molecule has 7 heteroatoms. The molecule has 0 amide bonds. The van der Waals surface area contributed by atoms with Gasteiger partial charge in [0.1, 0.15) is 12.4 Å². The molecule has 0 aliphatic heterocycles. The lowest BCUT2D eigenvalue weighted by atomic mass is 10.0. The van der Waals surface area contributed by atoms with Gasteiger partial charge in [-0.15, -0.1) is 0 Å². The second kappa shape index (κ2) is 9.30. The predicted octanol–water partition coefficient (Wildman–Crippen LogP) is 3.88. The normalized spacial score (nSPS) is 12.7. The lowest BCUT2D eigenvalue weighted by Crippen LogP contribution is -2.37. The van der Waals surface area contributed by atoms with E-state index in [-0.39, 0.29) is 17.4 Å². The van der Waals surface area contributed by atoms with E-state index < -0.39 is 16.1 Å². The summed E-state index contributed by atoms with van der Waals surface area (Å²) in [6.07, 6.45) is 0. The molecule has 0 aliphatic carbocycles. The van der Waals surface area contributed by atoms with Crippen molar-refractivity contribution in [1.29, 1.82) is 0 Å². The van der Waals surface area contributed by atoms with E-state index in [1.807, 2.05) is 26.0 Å². The average Bonchev–Trinajstić information content (AvgIpc) is 2.65. The third-order valence-electron chi connectivity index (χ3n) is 4.35. The second-order valence-corrected chi connectivity index (χ2v) is 8.68. The molecule has 2 aromatic rings. The largest absolute Gasteiger partial charge is 0.496 e. The number of benzene rings is 2. The van der Waals surface area contributed by atoms with Crippen molar-refractivity contribution >= 4 is 10.0 Å². The zero-order valence-corrected chi connectivity index (χ0v) is 18.1. The number of aryl methyl sites for hydroxylation is 1. The average molecular weight is 408 g/mol. The molecule has 0 aromatic heterocycles. The highest BCUT2D eigenvalue weighted by atomic mass is 32.2. The number of methoxy groups -OCH3 is 2. The molecule has 0 saturated heterocycles. The maximum atomic E-state index is 12.9. The molecule has 0 fully saturated rings. The Bertz CT molecular complexity index is 909. The minimum Gasteiger partial charge on any atom is -0.496 e. The second-order valence-electron chi connectivity index (χ2n) is 7.00. The van der Waals surface area contributed by atoms with Crippen LogP contribution in [-0.2, 0) is 10.0 Å². The van der Waals surface area contributed by atoms with Crippen LogP contribution in [0.2, 0.25) is 0 Å². The summed E-state index contributed by atoms with van der Waals surface area (Å²) in [4.78, 5) is 0.251. The molecule has 28 heavy (non-hydrogen) atoms. The van der Waals surface area contributed by atoms with Crippen LogP contribution in [0.5, 0.6) is 17.2 Å². The first kappa shape index (κ1) is 22.0. The van der Waals surface area contributed by atoms with Crippen LogP contribution in [0.3, 0.4) is 0 Å². The monoisotopic (exact) mass is 407 g/mol. The Morgan fingerprint density at radius 3 is 2.14 bits per heavy atom. The number of sulfonamides is 1. The van der Waals surface area contributed by atoms with Gasteiger partial charge in [-0.25, -0.2) is 13.1 Å². The minimum atomic E-state index is -3.71. The molecule has 0 bridgehead atoms. The molecule has 1 atom stereocenters. The summed E-state index contributed by atoms with van der Waals surface area (Å²) in [7, 11) is -0.558. The van der Waals surface area contributed by atoms with Gasteiger partial charge in [0.15, 0.2) is 11.5 Å². The van der Waals surface area contributed by atoms with E-state index in [0.717, 1.165) is 5.56 Å². The van der Waals surface area contributed by atoms with Gasteiger partial charge < -0.3 is 14.2 Å². The smallest absolute Gasteiger partial charge is 0.241 e. The molecule has 0 saturated carbocycles. The Morgan fingerprint density at radius 2 is 1.57 bits per heavy atom. The van der Waals surface area contributed by atoms with Crippen molar-refractivity contribution in [1.82, 2.24) is 4.72 Å². The van der Waals surface area contributed by atoms with Crippen molar-refractivity contribution < 1.29 is 22.6 Å². The van der Waals surface area contributed by atoms with E-state index in [0.29, 0.717) is 22.8 Å². The van der Waals surface area contributed by atoms with Gasteiger partial charge in [-0.05, 0) is 55.2 Å². The van der Waals surface area contributed by atoms with Crippen molar-refractivity contribution in [3.05, 3.63) is 47.5 Å². The Balaban J connectivity index is 2.17. The molecule has 0 radical (unpaired) electrons. The summed E-state index contributed by atoms with van der Waals surface area (Å²) in [5, 5.41) is 0. The first-order chi connectivity index (χ1) is 13.2. The van der Waals surface area contributed by atoms with Gasteiger partial charge in [-0.3, -0.25) is 0 Å². The third kappa shape index (κ3) is 5.17. The predicted molar refractivity (Wildman–Crippen MR) is 110 cm³/mol. The summed E-state index contributed by atoms with van der Waals surface area (Å²) >= 11 is 0. The van der Waals surface area contributed by atoms with Crippen LogP contribution in [0.4, 0.5) is 0 Å². The van der Waals surface area contributed by atoms with Gasteiger partial charge >= 0.3 is 0 Å². The summed E-state index contributed by atoms with van der Waals surface area (Å²) in [5.41, 5.74) is 1.48. The van der Waals surface area contributed by atoms with E-state index in [1.165, 1.54) is 0 Å². The third-order valence-corrected chi connectivity index (χ3v) is 6.08. The maximum absolute atomic E-state index is 12.9. The quantitative estimate of drug-likeness (QED) is 0.683. The minimum absolute atomic E-state index is 0.135. The SMILES string of the molecule is COc1ccccc1OCC(C)NS(=O)(=O)c1cc(C(C)C)c(OC)cc1C. The molecule has 0 aliphatic rings. The number of ether oxygens (including phenoxy) is 3. The molecule has 2 aromatic carbocycles. The number of rotatable bonds is 9. The topological polar surface area (TPSA) is 73.9 Å². The number of nitrogens with one attached hydrogen (secondary N) is 1. The van der Waals surface area contributed by atoms with E-state index in [4.69, 9.17) is 14.2 Å². The molecular weight excluding hydrogens is 378 g/mol. The molecule has 1 N–H and O–H groups in total.